The summed E-state index contributed by atoms with van der Waals surface area (Å²) in [4.78, 5) is 4.76. The lowest BCUT2D eigenvalue weighted by molar-refractivity contribution is 0.209. The number of nitrogens with one attached hydrogen (secondary N) is 1. The molecular weight excluding hydrogens is 140 g/mol. The van der Waals surface area contributed by atoms with Crippen molar-refractivity contribution in [1.82, 2.24) is 5.32 Å². The second-order valence-electron chi connectivity index (χ2n) is 2.85. The molecule has 0 bridgehead atoms. The molecule has 0 saturated heterocycles. The fourth-order valence-electron chi connectivity index (χ4n) is 1.53. The lowest BCUT2D eigenvalue weighted by Gasteiger charge is -2.22. The Morgan fingerprint density at radius 3 is 3.00 bits per heavy atom. The second-order valence-corrected chi connectivity index (χ2v) is 2.85. The van der Waals surface area contributed by atoms with Gasteiger partial charge in [-0.25, -0.2) is 0 Å². The van der Waals surface area contributed by atoms with Gasteiger partial charge in [-0.2, -0.15) is 0 Å². The summed E-state index contributed by atoms with van der Waals surface area (Å²) in [5.74, 6) is 0. The average molecular weight is 156 g/mol. The highest BCUT2D eigenvalue weighted by molar-refractivity contribution is 5.89. The Bertz CT molecular complexity index is 145. The Morgan fingerprint density at radius 2 is 2.36 bits per heavy atom. The van der Waals surface area contributed by atoms with Gasteiger partial charge in [0.2, 0.25) is 0 Å². The van der Waals surface area contributed by atoms with Crippen molar-refractivity contribution in [3.8, 4) is 0 Å². The van der Waals surface area contributed by atoms with E-state index in [1.165, 1.54) is 25.0 Å². The van der Waals surface area contributed by atoms with Gasteiger partial charge in [-0.3, -0.25) is 0 Å². The Kier molecular flexibility index (Phi) is 3.36. The van der Waals surface area contributed by atoms with Crippen LogP contribution in [0.15, 0.2) is 5.16 Å². The Hall–Kier alpha value is -0.570. The van der Waals surface area contributed by atoms with E-state index in [-0.39, 0.29) is 0 Å². The molecule has 0 spiro atoms. The minimum absolute atomic E-state index is 0.448. The van der Waals surface area contributed by atoms with Crippen LogP contribution in [0.1, 0.15) is 25.7 Å². The van der Waals surface area contributed by atoms with Crippen LogP contribution in [0.2, 0.25) is 0 Å². The molecule has 0 radical (unpaired) electrons. The molecule has 3 nitrogen and oxygen atoms in total. The molecule has 64 valence electrons. The van der Waals surface area contributed by atoms with Crippen molar-refractivity contribution in [2.24, 2.45) is 5.16 Å². The first-order chi connectivity index (χ1) is 5.38. The average Bonchev–Trinajstić information content (AvgIpc) is 2.06. The second kappa shape index (κ2) is 4.34. The summed E-state index contributed by atoms with van der Waals surface area (Å²) in [5.41, 5.74) is 1.17. The van der Waals surface area contributed by atoms with Gasteiger partial charge < -0.3 is 10.2 Å². The standard InChI is InChI=1S/C8H16N2O/c1-9-7-5-3-4-6-8(7)10-11-2/h7,9H,3-6H2,1-2H3/b10-8+/t7-/m0/s1. The zero-order valence-electron chi connectivity index (χ0n) is 7.26. The van der Waals surface area contributed by atoms with Gasteiger partial charge >= 0.3 is 0 Å². The Labute approximate surface area is 67.8 Å². The summed E-state index contributed by atoms with van der Waals surface area (Å²) in [5, 5.41) is 7.22. The van der Waals surface area contributed by atoms with Crippen LogP contribution in [0.3, 0.4) is 0 Å². The summed E-state index contributed by atoms with van der Waals surface area (Å²) < 4.78 is 0. The molecule has 0 aromatic heterocycles. The summed E-state index contributed by atoms with van der Waals surface area (Å²) in [7, 11) is 3.58. The first-order valence-electron chi connectivity index (χ1n) is 4.15. The first-order valence-corrected chi connectivity index (χ1v) is 4.15. The van der Waals surface area contributed by atoms with Crippen molar-refractivity contribution in [3.63, 3.8) is 0 Å². The SMILES string of the molecule is CN[C@H]1CCCC/C1=N\OC. The van der Waals surface area contributed by atoms with Crippen LogP contribution in [0.5, 0.6) is 0 Å². The maximum absolute atomic E-state index is 4.76. The van der Waals surface area contributed by atoms with Gasteiger partial charge in [0.1, 0.15) is 7.11 Å². The minimum Gasteiger partial charge on any atom is -0.399 e. The van der Waals surface area contributed by atoms with Crippen molar-refractivity contribution >= 4 is 5.71 Å². The van der Waals surface area contributed by atoms with E-state index in [1.54, 1.807) is 7.11 Å². The van der Waals surface area contributed by atoms with Crippen molar-refractivity contribution in [1.29, 1.82) is 0 Å². The maximum Gasteiger partial charge on any atom is 0.106 e. The molecule has 1 atom stereocenters. The molecule has 0 heterocycles. The quantitative estimate of drug-likeness (QED) is 0.608. The van der Waals surface area contributed by atoms with Crippen molar-refractivity contribution < 1.29 is 4.84 Å². The highest BCUT2D eigenvalue weighted by Gasteiger charge is 2.18. The van der Waals surface area contributed by atoms with E-state index in [9.17, 15) is 0 Å². The maximum atomic E-state index is 4.76. The topological polar surface area (TPSA) is 33.6 Å². The molecule has 0 amide bonds. The Balaban J connectivity index is 2.51. The summed E-state index contributed by atoms with van der Waals surface area (Å²) in [6, 6.07) is 0.448. The molecule has 1 saturated carbocycles. The fourth-order valence-corrected chi connectivity index (χ4v) is 1.53. The molecular formula is C8H16N2O. The minimum atomic E-state index is 0.448. The summed E-state index contributed by atoms with van der Waals surface area (Å²) in [6.07, 6.45) is 4.83. The van der Waals surface area contributed by atoms with Gasteiger partial charge in [-0.1, -0.05) is 11.6 Å². The highest BCUT2D eigenvalue weighted by Crippen LogP contribution is 2.15. The van der Waals surface area contributed by atoms with E-state index in [0.717, 1.165) is 6.42 Å². The van der Waals surface area contributed by atoms with E-state index in [1.807, 2.05) is 7.05 Å². The zero-order valence-corrected chi connectivity index (χ0v) is 7.26. The van der Waals surface area contributed by atoms with E-state index < -0.39 is 0 Å². The molecule has 1 N–H and O–H groups in total. The largest absolute Gasteiger partial charge is 0.399 e. The molecule has 11 heavy (non-hydrogen) atoms. The number of hydrogen-bond donors (Lipinski definition) is 1. The molecule has 0 unspecified atom stereocenters. The molecule has 1 aliphatic carbocycles. The van der Waals surface area contributed by atoms with Crippen molar-refractivity contribution in [3.05, 3.63) is 0 Å². The van der Waals surface area contributed by atoms with Crippen LogP contribution in [0.4, 0.5) is 0 Å². The van der Waals surface area contributed by atoms with E-state index >= 15 is 0 Å². The monoisotopic (exact) mass is 156 g/mol. The Morgan fingerprint density at radius 1 is 1.55 bits per heavy atom. The van der Waals surface area contributed by atoms with Gasteiger partial charge in [-0.05, 0) is 26.3 Å². The molecule has 1 aliphatic rings. The molecule has 0 aromatic rings. The van der Waals surface area contributed by atoms with E-state index in [4.69, 9.17) is 4.84 Å². The molecule has 0 aromatic carbocycles. The van der Waals surface area contributed by atoms with Gasteiger partial charge in [0.15, 0.2) is 0 Å². The van der Waals surface area contributed by atoms with Crippen LogP contribution < -0.4 is 5.32 Å². The van der Waals surface area contributed by atoms with Crippen LogP contribution in [-0.4, -0.2) is 25.9 Å². The predicted octanol–water partition coefficient (Wildman–Crippen LogP) is 1.15. The molecule has 1 rings (SSSR count). The predicted molar refractivity (Wildman–Crippen MR) is 45.8 cm³/mol. The smallest absolute Gasteiger partial charge is 0.106 e. The lowest BCUT2D eigenvalue weighted by Crippen LogP contribution is -2.36. The van der Waals surface area contributed by atoms with E-state index in [2.05, 4.69) is 10.5 Å². The van der Waals surface area contributed by atoms with E-state index in [0.29, 0.717) is 6.04 Å². The summed E-state index contributed by atoms with van der Waals surface area (Å²) >= 11 is 0. The fraction of sp³-hybridized carbons (Fsp3) is 0.875. The third-order valence-corrected chi connectivity index (χ3v) is 2.13. The third-order valence-electron chi connectivity index (χ3n) is 2.13. The normalized spacial score (nSPS) is 28.9. The van der Waals surface area contributed by atoms with Crippen LogP contribution >= 0.6 is 0 Å². The van der Waals surface area contributed by atoms with Crippen LogP contribution in [0.25, 0.3) is 0 Å². The third kappa shape index (κ3) is 2.19. The van der Waals surface area contributed by atoms with Crippen LogP contribution in [-0.2, 0) is 4.84 Å². The number of nitrogens with zero attached hydrogens (tertiary/aromatic N) is 1. The number of rotatable bonds is 2. The van der Waals surface area contributed by atoms with Gasteiger partial charge in [-0.15, -0.1) is 0 Å². The molecule has 0 aliphatic heterocycles. The van der Waals surface area contributed by atoms with Crippen molar-refractivity contribution in [2.45, 2.75) is 31.7 Å². The molecule has 3 heteroatoms. The zero-order chi connectivity index (χ0) is 8.10. The van der Waals surface area contributed by atoms with Gasteiger partial charge in [0.25, 0.3) is 0 Å². The summed E-state index contributed by atoms with van der Waals surface area (Å²) in [6.45, 7) is 0. The van der Waals surface area contributed by atoms with Gasteiger partial charge in [0.05, 0.1) is 5.71 Å². The number of hydrogen-bond acceptors (Lipinski definition) is 3. The lowest BCUT2D eigenvalue weighted by atomic mass is 9.94. The van der Waals surface area contributed by atoms with Gasteiger partial charge in [0, 0.05) is 6.04 Å². The first kappa shape index (κ1) is 8.53. The van der Waals surface area contributed by atoms with Crippen molar-refractivity contribution in [2.75, 3.05) is 14.2 Å². The molecule has 1 fully saturated rings. The highest BCUT2D eigenvalue weighted by atomic mass is 16.6. The van der Waals surface area contributed by atoms with Crippen LogP contribution in [0, 0.1) is 0 Å². The number of oxime groups is 1.